The van der Waals surface area contributed by atoms with Gasteiger partial charge in [0.25, 0.3) is 0 Å². The Morgan fingerprint density at radius 3 is 2.50 bits per heavy atom. The van der Waals surface area contributed by atoms with E-state index < -0.39 is 10.1 Å². The molecular weight excluding hydrogens is 332 g/mol. The summed E-state index contributed by atoms with van der Waals surface area (Å²) in [6, 6.07) is 5.20. The molecule has 1 fully saturated rings. The molecule has 7 nitrogen and oxygen atoms in total. The van der Waals surface area contributed by atoms with Gasteiger partial charge in [-0.3, -0.25) is 0 Å². The van der Waals surface area contributed by atoms with Crippen LogP contribution in [0.1, 0.15) is 32.3 Å². The van der Waals surface area contributed by atoms with Crippen molar-refractivity contribution in [2.75, 3.05) is 13.4 Å². The van der Waals surface area contributed by atoms with E-state index in [9.17, 15) is 13.2 Å². The maximum atomic E-state index is 12.3. The molecule has 2 amide bonds. The van der Waals surface area contributed by atoms with Gasteiger partial charge in [0.1, 0.15) is 0 Å². The average Bonchev–Trinajstić information content (AvgIpc) is 3.27. The van der Waals surface area contributed by atoms with Gasteiger partial charge >= 0.3 is 16.1 Å². The van der Waals surface area contributed by atoms with E-state index in [4.69, 9.17) is 8.92 Å². The van der Waals surface area contributed by atoms with Gasteiger partial charge in [0.2, 0.25) is 0 Å². The zero-order valence-corrected chi connectivity index (χ0v) is 15.2. The lowest BCUT2D eigenvalue weighted by atomic mass is 10.2. The van der Waals surface area contributed by atoms with Crippen molar-refractivity contribution < 1.29 is 22.1 Å². The Bertz CT molecular complexity index is 698. The predicted molar refractivity (Wildman–Crippen MR) is 90.7 cm³/mol. The van der Waals surface area contributed by atoms with E-state index in [1.807, 2.05) is 13.8 Å². The monoisotopic (exact) mass is 356 g/mol. The topological polar surface area (TPSA) is 84.9 Å². The van der Waals surface area contributed by atoms with Crippen molar-refractivity contribution in [3.8, 4) is 11.5 Å². The quantitative estimate of drug-likeness (QED) is 0.757. The van der Waals surface area contributed by atoms with Crippen molar-refractivity contribution in [3.05, 3.63) is 23.8 Å². The molecule has 0 heterocycles. The molecule has 0 bridgehead atoms. The Labute approximate surface area is 143 Å². The van der Waals surface area contributed by atoms with Gasteiger partial charge in [0, 0.05) is 18.6 Å². The van der Waals surface area contributed by atoms with Gasteiger partial charge in [-0.2, -0.15) is 8.42 Å². The van der Waals surface area contributed by atoms with Crippen molar-refractivity contribution in [2.24, 2.45) is 0 Å². The van der Waals surface area contributed by atoms with Crippen LogP contribution >= 0.6 is 0 Å². The number of amides is 2. The lowest BCUT2D eigenvalue weighted by Crippen LogP contribution is -2.43. The van der Waals surface area contributed by atoms with Crippen LogP contribution in [0.15, 0.2) is 18.2 Å². The summed E-state index contributed by atoms with van der Waals surface area (Å²) in [4.78, 5) is 14.1. The van der Waals surface area contributed by atoms with Crippen LogP contribution in [-0.2, 0) is 16.7 Å². The highest BCUT2D eigenvalue weighted by Gasteiger charge is 2.33. The van der Waals surface area contributed by atoms with Crippen LogP contribution in [-0.4, -0.2) is 44.8 Å². The van der Waals surface area contributed by atoms with Crippen molar-refractivity contribution in [1.29, 1.82) is 0 Å². The largest absolute Gasteiger partial charge is 0.493 e. The second-order valence-electron chi connectivity index (χ2n) is 6.24. The molecule has 0 saturated heterocycles. The molecule has 0 unspecified atom stereocenters. The summed E-state index contributed by atoms with van der Waals surface area (Å²) in [6.45, 7) is 4.20. The third-order valence-corrected chi connectivity index (χ3v) is 3.97. The fraction of sp³-hybridized carbons (Fsp3) is 0.562. The molecule has 1 saturated carbocycles. The van der Waals surface area contributed by atoms with Gasteiger partial charge in [-0.15, -0.1) is 0 Å². The van der Waals surface area contributed by atoms with Crippen LogP contribution in [0.3, 0.4) is 0 Å². The normalized spacial score (nSPS) is 14.4. The highest BCUT2D eigenvalue weighted by atomic mass is 32.2. The molecule has 24 heavy (non-hydrogen) atoms. The van der Waals surface area contributed by atoms with Crippen LogP contribution in [0.4, 0.5) is 4.79 Å². The second-order valence-corrected chi connectivity index (χ2v) is 7.81. The van der Waals surface area contributed by atoms with E-state index in [-0.39, 0.29) is 23.9 Å². The average molecular weight is 356 g/mol. The van der Waals surface area contributed by atoms with E-state index in [0.29, 0.717) is 12.3 Å². The Morgan fingerprint density at radius 2 is 2.00 bits per heavy atom. The predicted octanol–water partition coefficient (Wildman–Crippen LogP) is 2.12. The minimum absolute atomic E-state index is 0.0544. The number of rotatable bonds is 7. The third-order valence-electron chi connectivity index (χ3n) is 3.48. The number of urea groups is 1. The Morgan fingerprint density at radius 1 is 1.33 bits per heavy atom. The minimum atomic E-state index is -3.66. The molecule has 0 radical (unpaired) electrons. The number of nitrogens with one attached hydrogen (secondary N) is 1. The van der Waals surface area contributed by atoms with Gasteiger partial charge < -0.3 is 19.1 Å². The smallest absolute Gasteiger partial charge is 0.318 e. The van der Waals surface area contributed by atoms with E-state index in [2.05, 4.69) is 5.32 Å². The maximum Gasteiger partial charge on any atom is 0.318 e. The summed E-state index contributed by atoms with van der Waals surface area (Å²) < 4.78 is 32.9. The summed E-state index contributed by atoms with van der Waals surface area (Å²) in [5.41, 5.74) is 0.778. The minimum Gasteiger partial charge on any atom is -0.493 e. The number of ether oxygens (including phenoxy) is 1. The summed E-state index contributed by atoms with van der Waals surface area (Å²) in [5.74, 6) is 0.450. The standard InChI is InChI=1S/C16H24N2O5S/c1-11(2)17-16(19)18(13-6-7-13)10-12-5-8-14(22-3)15(9-12)23-24(4,20)21/h5,8-9,11,13H,6-7,10H2,1-4H3,(H,17,19). The molecule has 1 aliphatic carbocycles. The first-order chi connectivity index (χ1) is 11.2. The molecule has 1 N–H and O–H groups in total. The molecule has 0 spiro atoms. The lowest BCUT2D eigenvalue weighted by molar-refractivity contribution is 0.189. The molecule has 1 aromatic rings. The van der Waals surface area contributed by atoms with Gasteiger partial charge in [-0.05, 0) is 44.4 Å². The van der Waals surface area contributed by atoms with Crippen molar-refractivity contribution in [3.63, 3.8) is 0 Å². The van der Waals surface area contributed by atoms with E-state index in [1.165, 1.54) is 7.11 Å². The maximum absolute atomic E-state index is 12.3. The van der Waals surface area contributed by atoms with Crippen LogP contribution in [0.25, 0.3) is 0 Å². The number of hydrogen-bond acceptors (Lipinski definition) is 5. The van der Waals surface area contributed by atoms with Crippen LogP contribution in [0.5, 0.6) is 11.5 Å². The summed E-state index contributed by atoms with van der Waals surface area (Å²) in [6.07, 6.45) is 2.94. The van der Waals surface area contributed by atoms with Crippen LogP contribution in [0.2, 0.25) is 0 Å². The van der Waals surface area contributed by atoms with Crippen LogP contribution in [0, 0.1) is 0 Å². The molecule has 0 atom stereocenters. The number of methoxy groups -OCH3 is 1. The Balaban J connectivity index is 2.21. The first kappa shape index (κ1) is 18.4. The lowest BCUT2D eigenvalue weighted by Gasteiger charge is -2.24. The highest BCUT2D eigenvalue weighted by Crippen LogP contribution is 2.32. The zero-order valence-electron chi connectivity index (χ0n) is 14.4. The summed E-state index contributed by atoms with van der Waals surface area (Å²) in [7, 11) is -2.22. The highest BCUT2D eigenvalue weighted by molar-refractivity contribution is 7.86. The molecule has 1 aliphatic rings. The molecule has 0 aromatic heterocycles. The zero-order chi connectivity index (χ0) is 17.9. The summed E-state index contributed by atoms with van der Waals surface area (Å²) >= 11 is 0. The van der Waals surface area contributed by atoms with Crippen LogP contribution < -0.4 is 14.2 Å². The van der Waals surface area contributed by atoms with E-state index in [1.54, 1.807) is 23.1 Å². The number of carbonyl (C=O) groups excluding carboxylic acids is 1. The van der Waals surface area contributed by atoms with Crippen molar-refractivity contribution in [2.45, 2.75) is 45.3 Å². The number of nitrogens with zero attached hydrogens (tertiary/aromatic N) is 1. The number of benzene rings is 1. The molecule has 1 aromatic carbocycles. The second kappa shape index (κ2) is 7.29. The number of hydrogen-bond donors (Lipinski definition) is 1. The first-order valence-electron chi connectivity index (χ1n) is 7.83. The SMILES string of the molecule is COc1ccc(CN(C(=O)NC(C)C)C2CC2)cc1OS(C)(=O)=O. The molecular formula is C16H24N2O5S. The third kappa shape index (κ3) is 5.30. The van der Waals surface area contributed by atoms with Crippen molar-refractivity contribution in [1.82, 2.24) is 10.2 Å². The molecule has 134 valence electrons. The van der Waals surface area contributed by atoms with Crippen molar-refractivity contribution >= 4 is 16.1 Å². The molecule has 0 aliphatic heterocycles. The summed E-state index contributed by atoms with van der Waals surface area (Å²) in [5, 5.41) is 2.90. The van der Waals surface area contributed by atoms with E-state index >= 15 is 0 Å². The Kier molecular flexibility index (Phi) is 5.58. The fourth-order valence-corrected chi connectivity index (χ4v) is 2.78. The molecule has 2 rings (SSSR count). The van der Waals surface area contributed by atoms with Gasteiger partial charge in [0.05, 0.1) is 13.4 Å². The van der Waals surface area contributed by atoms with Gasteiger partial charge in [-0.25, -0.2) is 4.79 Å². The van der Waals surface area contributed by atoms with E-state index in [0.717, 1.165) is 24.7 Å². The Hall–Kier alpha value is -1.96. The number of carbonyl (C=O) groups is 1. The van der Waals surface area contributed by atoms with Gasteiger partial charge in [-0.1, -0.05) is 6.07 Å². The van der Waals surface area contributed by atoms with Gasteiger partial charge in [0.15, 0.2) is 11.5 Å². The first-order valence-corrected chi connectivity index (χ1v) is 9.64. The molecule has 8 heteroatoms. The fourth-order valence-electron chi connectivity index (χ4n) is 2.33.